The van der Waals surface area contributed by atoms with Crippen molar-refractivity contribution in [2.45, 2.75) is 40.0 Å². The molecule has 0 aromatic rings. The Bertz CT molecular complexity index is 182. The van der Waals surface area contributed by atoms with Gasteiger partial charge in [0.1, 0.15) is 0 Å². The Hall–Kier alpha value is -0.780. The summed E-state index contributed by atoms with van der Waals surface area (Å²) in [4.78, 5) is 0. The smallest absolute Gasteiger partial charge is 0.0133 e. The van der Waals surface area contributed by atoms with Gasteiger partial charge < -0.3 is 0 Å². The van der Waals surface area contributed by atoms with Crippen molar-refractivity contribution in [1.82, 2.24) is 0 Å². The van der Waals surface area contributed by atoms with Gasteiger partial charge in [-0.25, -0.2) is 0 Å². The van der Waals surface area contributed by atoms with Gasteiger partial charge in [-0.1, -0.05) is 36.3 Å². The summed E-state index contributed by atoms with van der Waals surface area (Å²) in [6, 6.07) is 0. The predicted molar refractivity (Wildman–Crippen MR) is 57.2 cm³/mol. The summed E-state index contributed by atoms with van der Waals surface area (Å²) in [6.07, 6.45) is 9.71. The Morgan fingerprint density at radius 2 is 2.00 bits per heavy atom. The predicted octanol–water partition coefficient (Wildman–Crippen LogP) is 4.26. The fourth-order valence-electron chi connectivity index (χ4n) is 0.954. The highest BCUT2D eigenvalue weighted by Crippen LogP contribution is 2.10. The number of rotatable bonds is 5. The molecule has 0 saturated heterocycles. The third-order valence-corrected chi connectivity index (χ3v) is 2.09. The lowest BCUT2D eigenvalue weighted by Gasteiger charge is -2.00. The summed E-state index contributed by atoms with van der Waals surface area (Å²) >= 11 is 0. The summed E-state index contributed by atoms with van der Waals surface area (Å²) in [5, 5.41) is 0. The monoisotopic (exact) mass is 164 g/mol. The maximum absolute atomic E-state index is 3.73. The molecule has 0 aromatic heterocycles. The molecule has 12 heavy (non-hydrogen) atoms. The van der Waals surface area contributed by atoms with Crippen LogP contribution in [0.2, 0.25) is 0 Å². The van der Waals surface area contributed by atoms with Crippen molar-refractivity contribution in [2.24, 2.45) is 0 Å². The highest BCUT2D eigenvalue weighted by atomic mass is 14.0. The Morgan fingerprint density at radius 1 is 1.33 bits per heavy atom. The van der Waals surface area contributed by atoms with Gasteiger partial charge in [0.25, 0.3) is 0 Å². The fourth-order valence-corrected chi connectivity index (χ4v) is 0.954. The van der Waals surface area contributed by atoms with Crippen molar-refractivity contribution in [3.05, 3.63) is 36.0 Å². The van der Waals surface area contributed by atoms with E-state index in [0.29, 0.717) is 0 Å². The highest BCUT2D eigenvalue weighted by Gasteiger charge is 1.90. The Kier molecular flexibility index (Phi) is 6.45. The molecule has 0 saturated carbocycles. The summed E-state index contributed by atoms with van der Waals surface area (Å²) in [5.41, 5.74) is 2.93. The van der Waals surface area contributed by atoms with Crippen LogP contribution in [-0.4, -0.2) is 0 Å². The van der Waals surface area contributed by atoms with E-state index in [1.54, 1.807) is 0 Å². The molecular weight excluding hydrogens is 144 g/mol. The van der Waals surface area contributed by atoms with E-state index in [2.05, 4.69) is 39.5 Å². The zero-order valence-electron chi connectivity index (χ0n) is 8.56. The molecule has 0 unspecified atom stereocenters. The molecule has 0 fully saturated rings. The quantitative estimate of drug-likeness (QED) is 0.533. The lowest BCUT2D eigenvalue weighted by Crippen LogP contribution is -1.80. The summed E-state index contributed by atoms with van der Waals surface area (Å²) < 4.78 is 0. The minimum Gasteiger partial charge on any atom is -0.103 e. The molecule has 0 atom stereocenters. The van der Waals surface area contributed by atoms with Crippen LogP contribution in [0.3, 0.4) is 0 Å². The number of allylic oxidation sites excluding steroid dienone is 5. The zero-order chi connectivity index (χ0) is 9.40. The van der Waals surface area contributed by atoms with Crippen LogP contribution >= 0.6 is 0 Å². The lowest BCUT2D eigenvalue weighted by molar-refractivity contribution is 1.04. The lowest BCUT2D eigenvalue weighted by atomic mass is 10.1. The van der Waals surface area contributed by atoms with Crippen molar-refractivity contribution in [3.63, 3.8) is 0 Å². The maximum Gasteiger partial charge on any atom is -0.0133 e. The SMILES string of the molecule is C=CC/C(=C\C)CC=C(C)CC. The normalized spacial score (nSPS) is 13.2. The van der Waals surface area contributed by atoms with Gasteiger partial charge in [0.05, 0.1) is 0 Å². The first-order chi connectivity index (χ1) is 5.74. The van der Waals surface area contributed by atoms with Crippen molar-refractivity contribution >= 4 is 0 Å². The van der Waals surface area contributed by atoms with E-state index < -0.39 is 0 Å². The molecular formula is C12H20. The van der Waals surface area contributed by atoms with Gasteiger partial charge in [0.2, 0.25) is 0 Å². The third-order valence-electron chi connectivity index (χ3n) is 2.09. The molecule has 0 heteroatoms. The van der Waals surface area contributed by atoms with Crippen LogP contribution in [-0.2, 0) is 0 Å². The summed E-state index contributed by atoms with van der Waals surface area (Å²) in [5.74, 6) is 0. The van der Waals surface area contributed by atoms with E-state index in [4.69, 9.17) is 0 Å². The molecule has 0 aromatic carbocycles. The van der Waals surface area contributed by atoms with E-state index in [1.807, 2.05) is 6.08 Å². The molecule has 0 aliphatic carbocycles. The summed E-state index contributed by atoms with van der Waals surface area (Å²) in [7, 11) is 0. The average Bonchev–Trinajstić information content (AvgIpc) is 2.11. The maximum atomic E-state index is 3.73. The van der Waals surface area contributed by atoms with Crippen LogP contribution in [0.1, 0.15) is 40.0 Å². The minimum atomic E-state index is 1.02. The Balaban J connectivity index is 3.96. The van der Waals surface area contributed by atoms with Crippen molar-refractivity contribution in [1.29, 1.82) is 0 Å². The van der Waals surface area contributed by atoms with Gasteiger partial charge in [0, 0.05) is 0 Å². The molecule has 0 aliphatic rings. The molecule has 0 N–H and O–H groups in total. The zero-order valence-corrected chi connectivity index (χ0v) is 8.56. The molecule has 0 bridgehead atoms. The van der Waals surface area contributed by atoms with Gasteiger partial charge in [-0.05, 0) is 33.1 Å². The van der Waals surface area contributed by atoms with Gasteiger partial charge in [-0.15, -0.1) is 6.58 Å². The van der Waals surface area contributed by atoms with Gasteiger partial charge in [-0.3, -0.25) is 0 Å². The minimum absolute atomic E-state index is 1.02. The van der Waals surface area contributed by atoms with Crippen LogP contribution < -0.4 is 0 Å². The molecule has 0 amide bonds. The second-order valence-electron chi connectivity index (χ2n) is 3.05. The topological polar surface area (TPSA) is 0 Å². The molecule has 0 aliphatic heterocycles. The fraction of sp³-hybridized carbons (Fsp3) is 0.500. The van der Waals surface area contributed by atoms with E-state index in [0.717, 1.165) is 19.3 Å². The Labute approximate surface area is 76.7 Å². The number of hydrogen-bond acceptors (Lipinski definition) is 0. The largest absolute Gasteiger partial charge is 0.103 e. The first-order valence-corrected chi connectivity index (χ1v) is 4.65. The molecule has 0 nitrogen and oxygen atoms in total. The molecule has 0 spiro atoms. The Morgan fingerprint density at radius 3 is 2.42 bits per heavy atom. The van der Waals surface area contributed by atoms with Crippen LogP contribution in [0, 0.1) is 0 Å². The van der Waals surface area contributed by atoms with Crippen molar-refractivity contribution in [2.75, 3.05) is 0 Å². The van der Waals surface area contributed by atoms with Gasteiger partial charge in [-0.2, -0.15) is 0 Å². The first kappa shape index (κ1) is 11.2. The molecule has 0 rings (SSSR count). The standard InChI is InChI=1S/C12H20/c1-5-8-12(7-3)10-9-11(4)6-2/h5,7,9H,1,6,8,10H2,2-4H3/b11-9?,12-7+. The van der Waals surface area contributed by atoms with E-state index >= 15 is 0 Å². The number of hydrogen-bond donors (Lipinski definition) is 0. The van der Waals surface area contributed by atoms with Gasteiger partial charge in [0.15, 0.2) is 0 Å². The highest BCUT2D eigenvalue weighted by molar-refractivity contribution is 5.12. The molecule has 0 heterocycles. The third kappa shape index (κ3) is 4.95. The van der Waals surface area contributed by atoms with Crippen LogP contribution in [0.5, 0.6) is 0 Å². The second-order valence-corrected chi connectivity index (χ2v) is 3.05. The first-order valence-electron chi connectivity index (χ1n) is 4.65. The average molecular weight is 164 g/mol. The second kappa shape index (κ2) is 6.90. The molecule has 68 valence electrons. The van der Waals surface area contributed by atoms with Crippen LogP contribution in [0.15, 0.2) is 36.0 Å². The van der Waals surface area contributed by atoms with Crippen LogP contribution in [0.4, 0.5) is 0 Å². The van der Waals surface area contributed by atoms with E-state index in [9.17, 15) is 0 Å². The van der Waals surface area contributed by atoms with Crippen LogP contribution in [0.25, 0.3) is 0 Å². The van der Waals surface area contributed by atoms with E-state index in [-0.39, 0.29) is 0 Å². The van der Waals surface area contributed by atoms with Crippen molar-refractivity contribution < 1.29 is 0 Å². The summed E-state index contributed by atoms with van der Waals surface area (Å²) in [6.45, 7) is 10.2. The van der Waals surface area contributed by atoms with Crippen molar-refractivity contribution in [3.8, 4) is 0 Å². The molecule has 0 radical (unpaired) electrons. The van der Waals surface area contributed by atoms with Gasteiger partial charge >= 0.3 is 0 Å². The van der Waals surface area contributed by atoms with E-state index in [1.165, 1.54) is 11.1 Å².